The van der Waals surface area contributed by atoms with Gasteiger partial charge in [-0.2, -0.15) is 0 Å². The molecule has 21 heavy (non-hydrogen) atoms. The molecule has 0 radical (unpaired) electrons. The molecular formula is C16H25N3O2. The molecule has 1 aromatic rings. The summed E-state index contributed by atoms with van der Waals surface area (Å²) in [6, 6.07) is 0.379. The van der Waals surface area contributed by atoms with E-state index in [0.29, 0.717) is 12.5 Å². The molecule has 0 unspecified atom stereocenters. The summed E-state index contributed by atoms with van der Waals surface area (Å²) >= 11 is 0. The van der Waals surface area contributed by atoms with E-state index in [0.717, 1.165) is 57.6 Å². The summed E-state index contributed by atoms with van der Waals surface area (Å²) < 4.78 is 7.84. The van der Waals surface area contributed by atoms with Crippen molar-refractivity contribution in [2.75, 3.05) is 19.7 Å². The highest BCUT2D eigenvalue weighted by molar-refractivity contribution is 5.76. The summed E-state index contributed by atoms with van der Waals surface area (Å²) in [6.07, 6.45) is 9.89. The predicted molar refractivity (Wildman–Crippen MR) is 80.0 cm³/mol. The third-order valence-electron chi connectivity index (χ3n) is 4.63. The summed E-state index contributed by atoms with van der Waals surface area (Å²) in [7, 11) is 0. The number of amides is 1. The quantitative estimate of drug-likeness (QED) is 0.854. The van der Waals surface area contributed by atoms with Gasteiger partial charge in [0.05, 0.1) is 18.6 Å². The number of imidazole rings is 1. The Labute approximate surface area is 126 Å². The second-order valence-electron chi connectivity index (χ2n) is 6.08. The van der Waals surface area contributed by atoms with Crippen LogP contribution >= 0.6 is 0 Å². The van der Waals surface area contributed by atoms with Crippen molar-refractivity contribution in [1.29, 1.82) is 0 Å². The number of rotatable bonds is 4. The number of hydrogen-bond donors (Lipinski definition) is 0. The van der Waals surface area contributed by atoms with E-state index >= 15 is 0 Å². The number of ether oxygens (including phenoxy) is 1. The molecule has 0 N–H and O–H groups in total. The number of aryl methyl sites for hydroxylation is 1. The minimum atomic E-state index is 0.150. The molecule has 0 aromatic carbocycles. The van der Waals surface area contributed by atoms with Crippen LogP contribution in [0.2, 0.25) is 0 Å². The Morgan fingerprint density at radius 1 is 1.43 bits per heavy atom. The van der Waals surface area contributed by atoms with Gasteiger partial charge in [0.1, 0.15) is 5.82 Å². The first-order chi connectivity index (χ1) is 10.3. The highest BCUT2D eigenvalue weighted by atomic mass is 16.5. The van der Waals surface area contributed by atoms with Gasteiger partial charge in [0.2, 0.25) is 5.91 Å². The largest absolute Gasteiger partial charge is 0.378 e. The van der Waals surface area contributed by atoms with Crippen molar-refractivity contribution in [3.63, 3.8) is 0 Å². The Hall–Kier alpha value is -1.36. The highest BCUT2D eigenvalue weighted by Gasteiger charge is 2.28. The van der Waals surface area contributed by atoms with Crippen LogP contribution < -0.4 is 0 Å². The van der Waals surface area contributed by atoms with Crippen LogP contribution in [0.3, 0.4) is 0 Å². The van der Waals surface area contributed by atoms with Crippen LogP contribution in [0, 0.1) is 0 Å². The monoisotopic (exact) mass is 291 g/mol. The van der Waals surface area contributed by atoms with E-state index < -0.39 is 0 Å². The van der Waals surface area contributed by atoms with Crippen molar-refractivity contribution in [1.82, 2.24) is 14.5 Å². The molecule has 1 amide bonds. The molecule has 0 bridgehead atoms. The molecule has 116 valence electrons. The summed E-state index contributed by atoms with van der Waals surface area (Å²) in [5.74, 6) is 1.37. The van der Waals surface area contributed by atoms with Crippen LogP contribution in [-0.2, 0) is 16.0 Å². The maximum absolute atomic E-state index is 12.4. The number of hydrogen-bond acceptors (Lipinski definition) is 3. The fourth-order valence-electron chi connectivity index (χ4n) is 3.49. The van der Waals surface area contributed by atoms with Gasteiger partial charge in [0.25, 0.3) is 0 Å². The zero-order chi connectivity index (χ0) is 14.7. The number of aromatic nitrogens is 2. The van der Waals surface area contributed by atoms with Gasteiger partial charge in [0, 0.05) is 38.5 Å². The molecule has 0 saturated carbocycles. The molecule has 0 spiro atoms. The van der Waals surface area contributed by atoms with E-state index in [1.165, 1.54) is 0 Å². The lowest BCUT2D eigenvalue weighted by molar-refractivity contribution is -0.135. The average molecular weight is 291 g/mol. The molecule has 2 atom stereocenters. The number of carbonyl (C=O) groups excluding carboxylic acids is 1. The SMILES string of the molecule is CCc1nccn1[C@H]1CCCN(C(=O)C[C@H]2CCCO2)C1. The first kappa shape index (κ1) is 14.6. The molecule has 2 aliphatic heterocycles. The van der Waals surface area contributed by atoms with E-state index in [1.54, 1.807) is 0 Å². The maximum atomic E-state index is 12.4. The van der Waals surface area contributed by atoms with Crippen LogP contribution in [0.25, 0.3) is 0 Å². The summed E-state index contributed by atoms with van der Waals surface area (Å²) in [5, 5.41) is 0. The molecule has 3 rings (SSSR count). The molecule has 5 heteroatoms. The molecule has 5 nitrogen and oxygen atoms in total. The minimum absolute atomic E-state index is 0.150. The van der Waals surface area contributed by atoms with Gasteiger partial charge in [-0.3, -0.25) is 4.79 Å². The van der Waals surface area contributed by atoms with Crippen LogP contribution in [-0.4, -0.2) is 46.2 Å². The number of likely N-dealkylation sites (tertiary alicyclic amines) is 1. The van der Waals surface area contributed by atoms with E-state index in [4.69, 9.17) is 4.74 Å². The number of nitrogens with zero attached hydrogens (tertiary/aromatic N) is 3. The molecule has 3 heterocycles. The zero-order valence-corrected chi connectivity index (χ0v) is 12.8. The van der Waals surface area contributed by atoms with Gasteiger partial charge < -0.3 is 14.2 Å². The van der Waals surface area contributed by atoms with E-state index in [1.807, 2.05) is 11.1 Å². The Bertz CT molecular complexity index is 480. The summed E-state index contributed by atoms with van der Waals surface area (Å²) in [5.41, 5.74) is 0. The zero-order valence-electron chi connectivity index (χ0n) is 12.8. The normalized spacial score (nSPS) is 26.2. The Balaban J connectivity index is 1.61. The first-order valence-electron chi connectivity index (χ1n) is 8.19. The Morgan fingerprint density at radius 3 is 3.10 bits per heavy atom. The van der Waals surface area contributed by atoms with Gasteiger partial charge in [-0.05, 0) is 25.7 Å². The van der Waals surface area contributed by atoms with Gasteiger partial charge in [-0.1, -0.05) is 6.92 Å². The van der Waals surface area contributed by atoms with Crippen LogP contribution in [0.1, 0.15) is 50.9 Å². The van der Waals surface area contributed by atoms with Crippen LogP contribution in [0.4, 0.5) is 0 Å². The second-order valence-corrected chi connectivity index (χ2v) is 6.08. The lowest BCUT2D eigenvalue weighted by Crippen LogP contribution is -2.42. The van der Waals surface area contributed by atoms with E-state index in [9.17, 15) is 4.79 Å². The lowest BCUT2D eigenvalue weighted by atomic mass is 10.0. The molecule has 2 aliphatic rings. The molecule has 2 fully saturated rings. The molecule has 0 aliphatic carbocycles. The molecule has 1 aromatic heterocycles. The molecular weight excluding hydrogens is 266 g/mol. The third-order valence-corrected chi connectivity index (χ3v) is 4.63. The fourth-order valence-corrected chi connectivity index (χ4v) is 3.49. The predicted octanol–water partition coefficient (Wildman–Crippen LogP) is 2.18. The van der Waals surface area contributed by atoms with E-state index in [2.05, 4.69) is 22.7 Å². The Morgan fingerprint density at radius 2 is 2.33 bits per heavy atom. The first-order valence-corrected chi connectivity index (χ1v) is 8.19. The fraction of sp³-hybridized carbons (Fsp3) is 0.750. The van der Waals surface area contributed by atoms with Gasteiger partial charge in [-0.25, -0.2) is 4.98 Å². The summed E-state index contributed by atoms with van der Waals surface area (Å²) in [4.78, 5) is 18.9. The van der Waals surface area contributed by atoms with Crippen LogP contribution in [0.5, 0.6) is 0 Å². The minimum Gasteiger partial charge on any atom is -0.378 e. The van der Waals surface area contributed by atoms with Crippen molar-refractivity contribution >= 4 is 5.91 Å². The third kappa shape index (κ3) is 3.28. The van der Waals surface area contributed by atoms with Gasteiger partial charge in [0.15, 0.2) is 0 Å². The summed E-state index contributed by atoms with van der Waals surface area (Å²) in [6.45, 7) is 4.64. The second kappa shape index (κ2) is 6.60. The van der Waals surface area contributed by atoms with Crippen LogP contribution in [0.15, 0.2) is 12.4 Å². The Kier molecular flexibility index (Phi) is 4.58. The standard InChI is InChI=1S/C16H25N3O2/c1-2-15-17-7-9-19(15)13-5-3-8-18(12-13)16(20)11-14-6-4-10-21-14/h7,9,13-14H,2-6,8,10-12H2,1H3/t13-,14+/m0/s1. The van der Waals surface area contributed by atoms with Crippen molar-refractivity contribution in [3.05, 3.63) is 18.2 Å². The van der Waals surface area contributed by atoms with Crippen molar-refractivity contribution < 1.29 is 9.53 Å². The van der Waals surface area contributed by atoms with E-state index in [-0.39, 0.29) is 12.0 Å². The van der Waals surface area contributed by atoms with Gasteiger partial charge in [-0.15, -0.1) is 0 Å². The average Bonchev–Trinajstić information content (AvgIpc) is 3.18. The number of piperidine rings is 1. The smallest absolute Gasteiger partial charge is 0.225 e. The molecule has 2 saturated heterocycles. The maximum Gasteiger partial charge on any atom is 0.225 e. The number of carbonyl (C=O) groups is 1. The lowest BCUT2D eigenvalue weighted by Gasteiger charge is -2.34. The topological polar surface area (TPSA) is 47.4 Å². The van der Waals surface area contributed by atoms with Crippen molar-refractivity contribution in [2.24, 2.45) is 0 Å². The van der Waals surface area contributed by atoms with Gasteiger partial charge >= 0.3 is 0 Å². The highest BCUT2D eigenvalue weighted by Crippen LogP contribution is 2.25. The van der Waals surface area contributed by atoms with Crippen molar-refractivity contribution in [2.45, 2.75) is 57.6 Å². The van der Waals surface area contributed by atoms with Crippen molar-refractivity contribution in [3.8, 4) is 0 Å².